The van der Waals surface area contributed by atoms with Gasteiger partial charge in [-0.15, -0.1) is 11.3 Å². The van der Waals surface area contributed by atoms with Crippen molar-refractivity contribution in [2.24, 2.45) is 0 Å². The van der Waals surface area contributed by atoms with Crippen molar-refractivity contribution in [3.63, 3.8) is 0 Å². The molecule has 0 aliphatic carbocycles. The molecule has 0 aliphatic heterocycles. The lowest BCUT2D eigenvalue weighted by Gasteiger charge is -2.08. The van der Waals surface area contributed by atoms with Crippen molar-refractivity contribution in [1.82, 2.24) is 9.78 Å². The summed E-state index contributed by atoms with van der Waals surface area (Å²) >= 11 is 1.45. The Balaban J connectivity index is 2.27. The quantitative estimate of drug-likeness (QED) is 0.729. The minimum atomic E-state index is -0.719. The van der Waals surface area contributed by atoms with Crippen LogP contribution in [0, 0.1) is 6.92 Å². The first-order valence-corrected chi connectivity index (χ1v) is 7.41. The molecule has 0 bridgehead atoms. The highest BCUT2D eigenvalue weighted by Crippen LogP contribution is 2.32. The smallest absolute Gasteiger partial charge is 0.282 e. The second kappa shape index (κ2) is 5.31. The molecule has 2 aromatic heterocycles. The van der Waals surface area contributed by atoms with Crippen LogP contribution in [0.4, 0.5) is 5.00 Å². The average Bonchev–Trinajstić information content (AvgIpc) is 2.76. The summed E-state index contributed by atoms with van der Waals surface area (Å²) in [5.41, 5.74) is 0.530. The lowest BCUT2D eigenvalue weighted by molar-refractivity contribution is 0.225. The number of hydrogen-bond donors (Lipinski definition) is 2. The highest BCUT2D eigenvalue weighted by molar-refractivity contribution is 7.18. The van der Waals surface area contributed by atoms with Crippen LogP contribution in [0.25, 0.3) is 16.5 Å². The van der Waals surface area contributed by atoms with Gasteiger partial charge in [0.15, 0.2) is 0 Å². The van der Waals surface area contributed by atoms with Gasteiger partial charge in [0.05, 0.1) is 17.3 Å². The van der Waals surface area contributed by atoms with Gasteiger partial charge in [0.25, 0.3) is 5.56 Å². The molecule has 0 fully saturated rings. The first-order valence-electron chi connectivity index (χ1n) is 6.59. The summed E-state index contributed by atoms with van der Waals surface area (Å²) in [5, 5.41) is 18.8. The standard InChI is InChI=1S/C15H15N3O2S/c1-9-12-8-16-18(11-6-4-3-5-7-11)15(20)13(12)14(21-9)17-10(2)19/h3-8,10,17,19H,1-2H3. The number of aliphatic hydroxyl groups is 1. The molecular weight excluding hydrogens is 286 g/mol. The van der Waals surface area contributed by atoms with Gasteiger partial charge in [-0.1, -0.05) is 18.2 Å². The van der Waals surface area contributed by atoms with Crippen LogP contribution in [0.1, 0.15) is 11.8 Å². The number of fused-ring (bicyclic) bond motifs is 1. The molecule has 21 heavy (non-hydrogen) atoms. The molecule has 3 aromatic rings. The highest BCUT2D eigenvalue weighted by Gasteiger charge is 2.16. The van der Waals surface area contributed by atoms with Gasteiger partial charge < -0.3 is 10.4 Å². The van der Waals surface area contributed by atoms with E-state index >= 15 is 0 Å². The molecule has 0 radical (unpaired) electrons. The lowest BCUT2D eigenvalue weighted by Crippen LogP contribution is -2.22. The molecule has 1 aromatic carbocycles. The Hall–Kier alpha value is -2.18. The Kier molecular flexibility index (Phi) is 3.48. The number of rotatable bonds is 3. The van der Waals surface area contributed by atoms with Crippen LogP contribution in [-0.2, 0) is 0 Å². The Morgan fingerprint density at radius 2 is 2.05 bits per heavy atom. The number of thiophene rings is 1. The molecule has 0 aliphatic rings. The normalized spacial score (nSPS) is 12.5. The van der Waals surface area contributed by atoms with E-state index in [9.17, 15) is 9.90 Å². The molecule has 3 rings (SSSR count). The maximum absolute atomic E-state index is 12.7. The van der Waals surface area contributed by atoms with E-state index in [1.54, 1.807) is 13.1 Å². The van der Waals surface area contributed by atoms with Crippen molar-refractivity contribution in [2.45, 2.75) is 20.1 Å². The zero-order valence-electron chi connectivity index (χ0n) is 11.7. The van der Waals surface area contributed by atoms with E-state index in [-0.39, 0.29) is 5.56 Å². The number of aliphatic hydroxyl groups excluding tert-OH is 1. The van der Waals surface area contributed by atoms with E-state index in [4.69, 9.17) is 0 Å². The summed E-state index contributed by atoms with van der Waals surface area (Å²) in [6, 6.07) is 9.29. The SMILES string of the molecule is Cc1sc(NC(C)O)c2c(=O)n(-c3ccccc3)ncc12. The Labute approximate surface area is 125 Å². The third-order valence-electron chi connectivity index (χ3n) is 3.18. The number of aryl methyl sites for hydroxylation is 1. The van der Waals surface area contributed by atoms with Crippen molar-refractivity contribution in [3.05, 3.63) is 51.8 Å². The highest BCUT2D eigenvalue weighted by atomic mass is 32.1. The second-order valence-corrected chi connectivity index (χ2v) is 6.02. The van der Waals surface area contributed by atoms with E-state index in [0.717, 1.165) is 16.0 Å². The number of aromatic nitrogens is 2. The minimum Gasteiger partial charge on any atom is -0.374 e. The lowest BCUT2D eigenvalue weighted by atomic mass is 10.2. The monoisotopic (exact) mass is 301 g/mol. The first kappa shape index (κ1) is 13.8. The van der Waals surface area contributed by atoms with Gasteiger partial charge in [-0.3, -0.25) is 4.79 Å². The maximum atomic E-state index is 12.7. The number of nitrogens with zero attached hydrogens (tertiary/aromatic N) is 2. The fourth-order valence-corrected chi connectivity index (χ4v) is 3.34. The van der Waals surface area contributed by atoms with Crippen LogP contribution in [0.2, 0.25) is 0 Å². The second-order valence-electron chi connectivity index (χ2n) is 4.79. The van der Waals surface area contributed by atoms with Gasteiger partial charge in [-0.2, -0.15) is 9.78 Å². The molecular formula is C15H15N3O2S. The molecule has 0 spiro atoms. The topological polar surface area (TPSA) is 67.2 Å². The zero-order valence-corrected chi connectivity index (χ0v) is 12.5. The van der Waals surface area contributed by atoms with Gasteiger partial charge in [0.2, 0.25) is 0 Å². The molecule has 1 unspecified atom stereocenters. The number of nitrogens with one attached hydrogen (secondary N) is 1. The van der Waals surface area contributed by atoms with E-state index in [1.165, 1.54) is 16.0 Å². The number of benzene rings is 1. The molecule has 1 atom stereocenters. The van der Waals surface area contributed by atoms with Crippen molar-refractivity contribution >= 4 is 27.1 Å². The molecule has 108 valence electrons. The molecule has 5 nitrogen and oxygen atoms in total. The minimum absolute atomic E-state index is 0.189. The van der Waals surface area contributed by atoms with Crippen LogP contribution >= 0.6 is 11.3 Å². The summed E-state index contributed by atoms with van der Waals surface area (Å²) in [5.74, 6) is 0. The summed E-state index contributed by atoms with van der Waals surface area (Å²) < 4.78 is 1.38. The average molecular weight is 301 g/mol. The Morgan fingerprint density at radius 3 is 2.71 bits per heavy atom. The van der Waals surface area contributed by atoms with Crippen LogP contribution in [0.15, 0.2) is 41.3 Å². The van der Waals surface area contributed by atoms with Crippen LogP contribution < -0.4 is 10.9 Å². The molecule has 2 heterocycles. The predicted molar refractivity (Wildman–Crippen MR) is 85.3 cm³/mol. The van der Waals surface area contributed by atoms with Gasteiger partial charge in [-0.05, 0) is 26.0 Å². The summed E-state index contributed by atoms with van der Waals surface area (Å²) in [6.07, 6.45) is 0.979. The van der Waals surface area contributed by atoms with Crippen molar-refractivity contribution in [3.8, 4) is 5.69 Å². The van der Waals surface area contributed by atoms with E-state index < -0.39 is 6.23 Å². The largest absolute Gasteiger partial charge is 0.374 e. The molecule has 6 heteroatoms. The fraction of sp³-hybridized carbons (Fsp3) is 0.200. The molecule has 0 amide bonds. The van der Waals surface area contributed by atoms with Gasteiger partial charge in [-0.25, -0.2) is 0 Å². The summed E-state index contributed by atoms with van der Waals surface area (Å²) in [6.45, 7) is 3.56. The summed E-state index contributed by atoms with van der Waals surface area (Å²) in [7, 11) is 0. The molecule has 0 saturated heterocycles. The number of anilines is 1. The third kappa shape index (κ3) is 2.43. The molecule has 2 N–H and O–H groups in total. The van der Waals surface area contributed by atoms with Crippen LogP contribution in [0.3, 0.4) is 0 Å². The van der Waals surface area contributed by atoms with Gasteiger partial charge in [0.1, 0.15) is 11.2 Å². The van der Waals surface area contributed by atoms with Crippen molar-refractivity contribution < 1.29 is 5.11 Å². The fourth-order valence-electron chi connectivity index (χ4n) is 2.24. The van der Waals surface area contributed by atoms with Crippen LogP contribution in [-0.4, -0.2) is 21.1 Å². The Morgan fingerprint density at radius 1 is 1.33 bits per heavy atom. The number of para-hydroxylation sites is 1. The zero-order chi connectivity index (χ0) is 15.0. The van der Waals surface area contributed by atoms with Crippen LogP contribution in [0.5, 0.6) is 0 Å². The Bertz CT molecular complexity index is 837. The summed E-state index contributed by atoms with van der Waals surface area (Å²) in [4.78, 5) is 13.7. The van der Waals surface area contributed by atoms with Gasteiger partial charge >= 0.3 is 0 Å². The van der Waals surface area contributed by atoms with Crippen molar-refractivity contribution in [1.29, 1.82) is 0 Å². The predicted octanol–water partition coefficient (Wildman–Crippen LogP) is 2.51. The van der Waals surface area contributed by atoms with Gasteiger partial charge in [0, 0.05) is 10.3 Å². The van der Waals surface area contributed by atoms with E-state index in [1.807, 2.05) is 37.3 Å². The van der Waals surface area contributed by atoms with E-state index in [2.05, 4.69) is 10.4 Å². The third-order valence-corrected chi connectivity index (χ3v) is 4.23. The first-order chi connectivity index (χ1) is 10.1. The molecule has 0 saturated carbocycles. The number of hydrogen-bond acceptors (Lipinski definition) is 5. The maximum Gasteiger partial charge on any atom is 0.282 e. The van der Waals surface area contributed by atoms with Crippen molar-refractivity contribution in [2.75, 3.05) is 5.32 Å². The van der Waals surface area contributed by atoms with E-state index in [0.29, 0.717) is 10.4 Å².